The Morgan fingerprint density at radius 1 is 1.07 bits per heavy atom. The van der Waals surface area contributed by atoms with Gasteiger partial charge in [0.25, 0.3) is 0 Å². The molecule has 0 aliphatic heterocycles. The van der Waals surface area contributed by atoms with Gasteiger partial charge in [-0.2, -0.15) is 4.57 Å². The first-order chi connectivity index (χ1) is 13.3. The normalized spacial score (nSPS) is 11.2. The van der Waals surface area contributed by atoms with Gasteiger partial charge in [0.15, 0.2) is 6.54 Å². The number of aliphatic hydroxyl groups excluding tert-OH is 1. The quantitative estimate of drug-likeness (QED) is 0.318. The van der Waals surface area contributed by atoms with E-state index in [1.54, 1.807) is 7.11 Å². The lowest BCUT2D eigenvalue weighted by atomic mass is 10.1. The second-order valence-electron chi connectivity index (χ2n) is 6.53. The fourth-order valence-corrected chi connectivity index (χ4v) is 3.47. The summed E-state index contributed by atoms with van der Waals surface area (Å²) in [5.74, 6) is 0.846. The molecule has 0 fully saturated rings. The largest absolute Gasteiger partial charge is 1.00 e. The van der Waals surface area contributed by atoms with Crippen LogP contribution in [0.2, 0.25) is 0 Å². The lowest BCUT2D eigenvalue weighted by Crippen LogP contribution is -3.00. The standard InChI is InChI=1S/C23H22N2O2.HI/c1-27-20-11-12-23-17(15-20)7-9-19(25(23)13-4-14-26)10-8-18-16-24-22-6-3-2-5-21(18)22;/h2-3,5-12,15-16,26H,4,13-14H2,1H3;1H. The zero-order chi connectivity index (χ0) is 18.6. The number of hydrogen-bond acceptors (Lipinski definition) is 2. The molecule has 4 aromatic rings. The summed E-state index contributed by atoms with van der Waals surface area (Å²) >= 11 is 0. The van der Waals surface area contributed by atoms with E-state index in [0.717, 1.165) is 40.0 Å². The number of ether oxygens (including phenoxy) is 1. The molecule has 5 heteroatoms. The van der Waals surface area contributed by atoms with Crippen LogP contribution in [-0.2, 0) is 6.54 Å². The van der Waals surface area contributed by atoms with Crippen molar-refractivity contribution in [3.05, 3.63) is 72.1 Å². The Morgan fingerprint density at radius 3 is 2.75 bits per heavy atom. The predicted octanol–water partition coefficient (Wildman–Crippen LogP) is 1.17. The third-order valence-electron chi connectivity index (χ3n) is 4.87. The number of methoxy groups -OCH3 is 1. The minimum absolute atomic E-state index is 0. The summed E-state index contributed by atoms with van der Waals surface area (Å²) in [7, 11) is 1.68. The molecule has 0 atom stereocenters. The second kappa shape index (κ2) is 9.21. The van der Waals surface area contributed by atoms with Crippen molar-refractivity contribution in [3.8, 4) is 5.75 Å². The van der Waals surface area contributed by atoms with Gasteiger partial charge in [0.2, 0.25) is 11.2 Å². The molecule has 0 aliphatic rings. The van der Waals surface area contributed by atoms with E-state index in [-0.39, 0.29) is 30.6 Å². The summed E-state index contributed by atoms with van der Waals surface area (Å²) in [4.78, 5) is 3.31. The van der Waals surface area contributed by atoms with Gasteiger partial charge in [-0.25, -0.2) is 0 Å². The highest BCUT2D eigenvalue weighted by Crippen LogP contribution is 2.22. The Morgan fingerprint density at radius 2 is 1.93 bits per heavy atom. The molecule has 28 heavy (non-hydrogen) atoms. The summed E-state index contributed by atoms with van der Waals surface area (Å²) in [6.07, 6.45) is 7.02. The van der Waals surface area contributed by atoms with Crippen LogP contribution in [0.25, 0.3) is 34.0 Å². The van der Waals surface area contributed by atoms with Gasteiger partial charge in [-0.3, -0.25) is 0 Å². The Hall–Kier alpha value is -2.38. The van der Waals surface area contributed by atoms with Crippen LogP contribution in [0, 0.1) is 0 Å². The zero-order valence-corrected chi connectivity index (χ0v) is 17.9. The third kappa shape index (κ3) is 4.05. The zero-order valence-electron chi connectivity index (χ0n) is 15.7. The molecule has 2 aromatic heterocycles. The maximum Gasteiger partial charge on any atom is 0.213 e. The van der Waals surface area contributed by atoms with Crippen molar-refractivity contribution in [2.45, 2.75) is 13.0 Å². The molecular formula is C23H23IN2O2. The molecule has 0 unspecified atom stereocenters. The fraction of sp³-hybridized carbons (Fsp3) is 0.174. The molecule has 0 aliphatic carbocycles. The number of halogens is 1. The summed E-state index contributed by atoms with van der Waals surface area (Å²) in [5, 5.41) is 11.6. The minimum atomic E-state index is 0. The van der Waals surface area contributed by atoms with Crippen molar-refractivity contribution in [1.29, 1.82) is 0 Å². The monoisotopic (exact) mass is 486 g/mol. The average Bonchev–Trinajstić information content (AvgIpc) is 3.13. The van der Waals surface area contributed by atoms with Gasteiger partial charge in [-0.15, -0.1) is 0 Å². The molecule has 0 radical (unpaired) electrons. The van der Waals surface area contributed by atoms with Crippen LogP contribution < -0.4 is 33.3 Å². The lowest BCUT2D eigenvalue weighted by molar-refractivity contribution is -0.673. The number of nitrogens with zero attached hydrogens (tertiary/aromatic N) is 1. The Kier molecular flexibility index (Phi) is 6.70. The van der Waals surface area contributed by atoms with Crippen LogP contribution in [0.4, 0.5) is 0 Å². The van der Waals surface area contributed by atoms with Gasteiger partial charge < -0.3 is 38.8 Å². The molecule has 0 saturated heterocycles. The summed E-state index contributed by atoms with van der Waals surface area (Å²) in [6, 6.07) is 18.6. The number of hydrogen-bond donors (Lipinski definition) is 2. The van der Waals surface area contributed by atoms with Gasteiger partial charge in [0.1, 0.15) is 5.75 Å². The second-order valence-corrected chi connectivity index (χ2v) is 6.53. The van der Waals surface area contributed by atoms with Crippen LogP contribution in [0.15, 0.2) is 60.8 Å². The SMILES string of the molecule is COc1ccc2c(ccc(/C=C/c3c[nH]c4ccccc34)[n+]2CCCO)c1.[I-]. The van der Waals surface area contributed by atoms with Crippen molar-refractivity contribution < 1.29 is 38.4 Å². The first kappa shape index (κ1) is 20.4. The number of pyridine rings is 1. The maximum atomic E-state index is 9.32. The number of rotatable bonds is 6. The number of aliphatic hydroxyl groups is 1. The van der Waals surface area contributed by atoms with Gasteiger partial charge >= 0.3 is 0 Å². The van der Waals surface area contributed by atoms with Gasteiger partial charge in [0, 0.05) is 48.3 Å². The summed E-state index contributed by atoms with van der Waals surface area (Å²) < 4.78 is 7.59. The number of aryl methyl sites for hydroxylation is 1. The van der Waals surface area contributed by atoms with E-state index in [0.29, 0.717) is 6.42 Å². The van der Waals surface area contributed by atoms with E-state index < -0.39 is 0 Å². The Bertz CT molecular complexity index is 1120. The highest BCUT2D eigenvalue weighted by Gasteiger charge is 2.14. The lowest BCUT2D eigenvalue weighted by Gasteiger charge is -2.06. The summed E-state index contributed by atoms with van der Waals surface area (Å²) in [5.41, 5.74) is 4.53. The molecule has 4 rings (SSSR count). The molecule has 0 bridgehead atoms. The highest BCUT2D eigenvalue weighted by molar-refractivity contribution is 5.91. The van der Waals surface area contributed by atoms with Crippen molar-refractivity contribution in [2.75, 3.05) is 13.7 Å². The molecule has 0 amide bonds. The van der Waals surface area contributed by atoms with Crippen LogP contribution in [0.5, 0.6) is 5.75 Å². The molecule has 0 spiro atoms. The van der Waals surface area contributed by atoms with Crippen LogP contribution in [0.1, 0.15) is 17.7 Å². The minimum Gasteiger partial charge on any atom is -1.00 e. The Labute approximate surface area is 181 Å². The fourth-order valence-electron chi connectivity index (χ4n) is 3.47. The van der Waals surface area contributed by atoms with E-state index in [9.17, 15) is 5.11 Å². The smallest absolute Gasteiger partial charge is 0.213 e. The van der Waals surface area contributed by atoms with E-state index in [2.05, 4.69) is 58.1 Å². The van der Waals surface area contributed by atoms with Crippen molar-refractivity contribution in [1.82, 2.24) is 4.98 Å². The van der Waals surface area contributed by atoms with Crippen LogP contribution in [-0.4, -0.2) is 23.8 Å². The maximum absolute atomic E-state index is 9.32. The van der Waals surface area contributed by atoms with Gasteiger partial charge in [-0.1, -0.05) is 18.2 Å². The van der Waals surface area contributed by atoms with Crippen molar-refractivity contribution in [3.63, 3.8) is 0 Å². The topological polar surface area (TPSA) is 49.1 Å². The van der Waals surface area contributed by atoms with E-state index in [1.807, 2.05) is 24.4 Å². The highest BCUT2D eigenvalue weighted by atomic mass is 127. The number of H-pyrrole nitrogens is 1. The number of nitrogens with one attached hydrogen (secondary N) is 1. The molecule has 0 saturated carbocycles. The predicted molar refractivity (Wildman–Crippen MR) is 110 cm³/mol. The van der Waals surface area contributed by atoms with Crippen molar-refractivity contribution >= 4 is 34.0 Å². The Balaban J connectivity index is 0.00000225. The van der Waals surface area contributed by atoms with Crippen LogP contribution in [0.3, 0.4) is 0 Å². The number of para-hydroxylation sites is 1. The van der Waals surface area contributed by atoms with E-state index in [4.69, 9.17) is 4.74 Å². The average molecular weight is 486 g/mol. The van der Waals surface area contributed by atoms with E-state index in [1.165, 1.54) is 5.39 Å². The van der Waals surface area contributed by atoms with E-state index >= 15 is 0 Å². The third-order valence-corrected chi connectivity index (χ3v) is 4.87. The van der Waals surface area contributed by atoms with Crippen molar-refractivity contribution in [2.24, 2.45) is 0 Å². The van der Waals surface area contributed by atoms with Crippen LogP contribution >= 0.6 is 0 Å². The molecule has 144 valence electrons. The summed E-state index contributed by atoms with van der Waals surface area (Å²) in [6.45, 7) is 0.929. The first-order valence-electron chi connectivity index (χ1n) is 9.16. The molecule has 2 heterocycles. The molecule has 4 nitrogen and oxygen atoms in total. The number of benzene rings is 2. The number of fused-ring (bicyclic) bond motifs is 2. The number of aromatic amines is 1. The number of aromatic nitrogens is 2. The molecular weight excluding hydrogens is 463 g/mol. The molecule has 2 aromatic carbocycles. The molecule has 2 N–H and O–H groups in total. The van der Waals surface area contributed by atoms with Gasteiger partial charge in [0.05, 0.1) is 12.5 Å². The van der Waals surface area contributed by atoms with Gasteiger partial charge in [-0.05, 0) is 35.9 Å². The first-order valence-corrected chi connectivity index (χ1v) is 9.16.